The van der Waals surface area contributed by atoms with Gasteiger partial charge in [-0.25, -0.2) is 0 Å². The molecule has 0 fully saturated rings. The minimum absolute atomic E-state index is 0.755. The van der Waals surface area contributed by atoms with Gasteiger partial charge in [-0.3, -0.25) is 5.09 Å². The maximum Gasteiger partial charge on any atom is 0.255 e. The summed E-state index contributed by atoms with van der Waals surface area (Å²) >= 11 is 0. The van der Waals surface area contributed by atoms with E-state index in [9.17, 15) is 0 Å². The van der Waals surface area contributed by atoms with Gasteiger partial charge < -0.3 is 9.05 Å². The molecule has 0 aliphatic carbocycles. The molecular weight excluding hydrogens is 365 g/mol. The third-order valence-electron chi connectivity index (χ3n) is 3.48. The molecule has 3 nitrogen and oxygen atoms in total. The Morgan fingerprint density at radius 1 is 0.714 bits per heavy atom. The highest BCUT2D eigenvalue weighted by atomic mass is 31.2. The molecule has 0 heterocycles. The van der Waals surface area contributed by atoms with E-state index in [4.69, 9.17) is 9.05 Å². The molecule has 0 aliphatic heterocycles. The van der Waals surface area contributed by atoms with Gasteiger partial charge in [-0.15, -0.1) is 0 Å². The van der Waals surface area contributed by atoms with Crippen LogP contribution in [-0.4, -0.2) is 20.8 Å². The SMILES string of the molecule is CC.CC/C=C\C/C=C\C/C=C\C/C=C\C/C=C\CCCCOP(NC)OC. The van der Waals surface area contributed by atoms with Crippen LogP contribution in [0.3, 0.4) is 0 Å². The maximum atomic E-state index is 5.55. The van der Waals surface area contributed by atoms with Gasteiger partial charge in [0.1, 0.15) is 0 Å². The number of rotatable bonds is 17. The van der Waals surface area contributed by atoms with Gasteiger partial charge in [-0.2, -0.15) is 0 Å². The Bertz CT molecular complexity index is 424. The fourth-order valence-corrected chi connectivity index (χ4v) is 2.80. The summed E-state index contributed by atoms with van der Waals surface area (Å²) in [5, 5.41) is 3.00. The zero-order valence-corrected chi connectivity index (χ0v) is 19.8. The van der Waals surface area contributed by atoms with Crippen LogP contribution >= 0.6 is 8.53 Å². The van der Waals surface area contributed by atoms with Crippen molar-refractivity contribution in [3.63, 3.8) is 0 Å². The second kappa shape index (κ2) is 28.2. The summed E-state index contributed by atoms with van der Waals surface area (Å²) in [7, 11) is 2.63. The summed E-state index contributed by atoms with van der Waals surface area (Å²) in [6.07, 6.45) is 30.8. The van der Waals surface area contributed by atoms with Gasteiger partial charge >= 0.3 is 0 Å². The third kappa shape index (κ3) is 25.0. The first kappa shape index (κ1) is 29.2. The number of hydrogen-bond donors (Lipinski definition) is 1. The first-order valence-electron chi connectivity index (χ1n) is 10.7. The number of nitrogens with one attached hydrogen (secondary N) is 1. The summed E-state index contributed by atoms with van der Waals surface area (Å²) in [5.41, 5.74) is 0. The lowest BCUT2D eigenvalue weighted by atomic mass is 10.2. The minimum atomic E-state index is -0.890. The second-order valence-corrected chi connectivity index (χ2v) is 7.29. The summed E-state index contributed by atoms with van der Waals surface area (Å²) in [6.45, 7) is 6.92. The normalized spacial score (nSPS) is 13.3. The highest BCUT2D eigenvalue weighted by Gasteiger charge is 2.03. The molecule has 0 bridgehead atoms. The van der Waals surface area contributed by atoms with Crippen molar-refractivity contribution in [3.8, 4) is 0 Å². The first-order valence-corrected chi connectivity index (χ1v) is 11.9. The van der Waals surface area contributed by atoms with E-state index in [0.29, 0.717) is 0 Å². The van der Waals surface area contributed by atoms with Crippen LogP contribution in [-0.2, 0) is 9.05 Å². The van der Waals surface area contributed by atoms with Crippen molar-refractivity contribution >= 4 is 8.53 Å². The van der Waals surface area contributed by atoms with E-state index in [-0.39, 0.29) is 0 Å². The number of hydrogen-bond acceptors (Lipinski definition) is 3. The molecule has 0 amide bonds. The maximum absolute atomic E-state index is 5.55. The number of allylic oxidation sites excluding steroid dienone is 10. The molecule has 28 heavy (non-hydrogen) atoms. The molecule has 0 saturated heterocycles. The van der Waals surface area contributed by atoms with E-state index < -0.39 is 8.53 Å². The van der Waals surface area contributed by atoms with Crippen molar-refractivity contribution < 1.29 is 9.05 Å². The molecule has 1 N–H and O–H groups in total. The summed E-state index contributed by atoms with van der Waals surface area (Å²) in [5.74, 6) is 0. The smallest absolute Gasteiger partial charge is 0.255 e. The summed E-state index contributed by atoms with van der Waals surface area (Å²) in [4.78, 5) is 0. The molecule has 0 spiro atoms. The third-order valence-corrected chi connectivity index (χ3v) is 4.59. The minimum Gasteiger partial charge on any atom is -0.325 e. The Labute approximate surface area is 176 Å². The molecule has 0 aromatic carbocycles. The topological polar surface area (TPSA) is 30.5 Å². The highest BCUT2D eigenvalue weighted by Crippen LogP contribution is 2.30. The average molecular weight is 410 g/mol. The lowest BCUT2D eigenvalue weighted by molar-refractivity contribution is 0.271. The lowest BCUT2D eigenvalue weighted by Crippen LogP contribution is -2.03. The molecule has 0 saturated carbocycles. The van der Waals surface area contributed by atoms with Crippen LogP contribution in [0.5, 0.6) is 0 Å². The number of unbranched alkanes of at least 4 members (excludes halogenated alkanes) is 2. The first-order chi connectivity index (χ1) is 13.8. The standard InChI is InChI=1S/C22H38NO2P.C2H6/c1-4-5-6-7-8-9-10-11-12-13-14-15-16-17-18-19-20-21-22-25-26(23-2)24-3;1-2/h5-6,8-9,11-12,14-15,17-18,23H,4,7,10,13,16,19-22H2,1-3H3;1-2H3/b6-5-,9-8-,12-11-,15-14-,18-17-;. The van der Waals surface area contributed by atoms with Gasteiger partial charge in [0.15, 0.2) is 0 Å². The van der Waals surface area contributed by atoms with Crippen LogP contribution in [0.15, 0.2) is 60.8 Å². The summed E-state index contributed by atoms with van der Waals surface area (Å²) < 4.78 is 10.7. The zero-order chi connectivity index (χ0) is 21.1. The molecular formula is C24H44NO2P. The van der Waals surface area contributed by atoms with Crippen molar-refractivity contribution in [2.75, 3.05) is 20.8 Å². The molecule has 1 atom stereocenters. The Hall–Kier alpha value is -0.990. The predicted molar refractivity (Wildman–Crippen MR) is 129 cm³/mol. The molecule has 0 rings (SSSR count). The van der Waals surface area contributed by atoms with Gasteiger partial charge in [-0.05, 0) is 58.4 Å². The van der Waals surface area contributed by atoms with Gasteiger partial charge in [0.25, 0.3) is 8.53 Å². The van der Waals surface area contributed by atoms with Gasteiger partial charge in [-0.1, -0.05) is 81.5 Å². The molecule has 0 radical (unpaired) electrons. The van der Waals surface area contributed by atoms with E-state index in [1.165, 1.54) is 0 Å². The van der Waals surface area contributed by atoms with E-state index >= 15 is 0 Å². The molecule has 162 valence electrons. The van der Waals surface area contributed by atoms with Crippen LogP contribution in [0, 0.1) is 0 Å². The zero-order valence-electron chi connectivity index (χ0n) is 18.9. The van der Waals surface area contributed by atoms with Gasteiger partial charge in [0.05, 0.1) is 6.61 Å². The van der Waals surface area contributed by atoms with E-state index in [0.717, 1.165) is 58.0 Å². The van der Waals surface area contributed by atoms with Crippen LogP contribution in [0.1, 0.15) is 72.1 Å². The van der Waals surface area contributed by atoms with Crippen LogP contribution < -0.4 is 5.09 Å². The monoisotopic (exact) mass is 409 g/mol. The van der Waals surface area contributed by atoms with Crippen molar-refractivity contribution in [3.05, 3.63) is 60.8 Å². The van der Waals surface area contributed by atoms with Crippen LogP contribution in [0.4, 0.5) is 0 Å². The van der Waals surface area contributed by atoms with Crippen molar-refractivity contribution in [2.45, 2.75) is 72.1 Å². The van der Waals surface area contributed by atoms with Crippen LogP contribution in [0.25, 0.3) is 0 Å². The molecule has 0 aromatic heterocycles. The molecule has 4 heteroatoms. The molecule has 0 aliphatic rings. The van der Waals surface area contributed by atoms with E-state index in [1.807, 2.05) is 20.9 Å². The van der Waals surface area contributed by atoms with Gasteiger partial charge in [0, 0.05) is 7.11 Å². The Morgan fingerprint density at radius 3 is 1.61 bits per heavy atom. The predicted octanol–water partition coefficient (Wildman–Crippen LogP) is 8.04. The van der Waals surface area contributed by atoms with Crippen LogP contribution in [0.2, 0.25) is 0 Å². The molecule has 0 aromatic rings. The van der Waals surface area contributed by atoms with Crippen molar-refractivity contribution in [2.24, 2.45) is 0 Å². The lowest BCUT2D eigenvalue weighted by Gasteiger charge is -2.12. The fraction of sp³-hybridized carbons (Fsp3) is 0.583. The quantitative estimate of drug-likeness (QED) is 0.150. The largest absolute Gasteiger partial charge is 0.325 e. The van der Waals surface area contributed by atoms with Gasteiger partial charge in [0.2, 0.25) is 0 Å². The second-order valence-electron chi connectivity index (χ2n) is 5.70. The average Bonchev–Trinajstić information content (AvgIpc) is 2.74. The van der Waals surface area contributed by atoms with E-state index in [1.54, 1.807) is 7.11 Å². The van der Waals surface area contributed by atoms with Crippen molar-refractivity contribution in [1.29, 1.82) is 0 Å². The fourth-order valence-electron chi connectivity index (χ4n) is 2.09. The highest BCUT2D eigenvalue weighted by molar-refractivity contribution is 7.44. The Kier molecular flexibility index (Phi) is 29.4. The van der Waals surface area contributed by atoms with E-state index in [2.05, 4.69) is 72.8 Å². The van der Waals surface area contributed by atoms with Crippen molar-refractivity contribution in [1.82, 2.24) is 5.09 Å². The Balaban J connectivity index is 0. The summed E-state index contributed by atoms with van der Waals surface area (Å²) in [6, 6.07) is 0. The Morgan fingerprint density at radius 2 is 1.18 bits per heavy atom. The molecule has 1 unspecified atom stereocenters.